The van der Waals surface area contributed by atoms with Crippen molar-refractivity contribution in [2.45, 2.75) is 23.1 Å². The summed E-state index contributed by atoms with van der Waals surface area (Å²) < 4.78 is 1.83. The Morgan fingerprint density at radius 2 is 1.89 bits per heavy atom. The first-order chi connectivity index (χ1) is 8.63. The lowest BCUT2D eigenvalue weighted by atomic mass is 9.92. The van der Waals surface area contributed by atoms with Crippen LogP contribution in [-0.4, -0.2) is 0 Å². The lowest BCUT2D eigenvalue weighted by Gasteiger charge is -2.21. The van der Waals surface area contributed by atoms with E-state index in [1.165, 1.54) is 23.3 Å². The Labute approximate surface area is 133 Å². The van der Waals surface area contributed by atoms with E-state index in [4.69, 9.17) is 11.6 Å². The molecule has 0 radical (unpaired) electrons. The fraction of sp³-hybridized carbons (Fsp3) is 0.286. The van der Waals surface area contributed by atoms with Crippen LogP contribution in [0.1, 0.15) is 28.1 Å². The highest BCUT2D eigenvalue weighted by Gasteiger charge is 2.50. The van der Waals surface area contributed by atoms with E-state index >= 15 is 0 Å². The van der Waals surface area contributed by atoms with Crippen molar-refractivity contribution >= 4 is 54.8 Å². The van der Waals surface area contributed by atoms with Gasteiger partial charge in [-0.3, -0.25) is 0 Å². The van der Waals surface area contributed by atoms with Gasteiger partial charge < -0.3 is 0 Å². The van der Waals surface area contributed by atoms with E-state index in [1.807, 2.05) is 0 Å². The minimum atomic E-state index is 0.259. The maximum absolute atomic E-state index is 6.14. The van der Waals surface area contributed by atoms with Crippen LogP contribution in [-0.2, 0) is 5.41 Å². The van der Waals surface area contributed by atoms with Gasteiger partial charge in [0.05, 0.1) is 4.83 Å². The third kappa shape index (κ3) is 2.20. The topological polar surface area (TPSA) is 0 Å². The molecule has 1 aromatic heterocycles. The smallest absolute Gasteiger partial charge is 0.107 e. The number of halogens is 3. The number of benzene rings is 1. The average Bonchev–Trinajstić information content (AvgIpc) is 3.13. The Morgan fingerprint density at radius 1 is 1.22 bits per heavy atom. The Morgan fingerprint density at radius 3 is 2.39 bits per heavy atom. The normalized spacial score (nSPS) is 18.6. The van der Waals surface area contributed by atoms with Gasteiger partial charge in [-0.2, -0.15) is 0 Å². The third-order valence-electron chi connectivity index (χ3n) is 3.54. The summed E-state index contributed by atoms with van der Waals surface area (Å²) in [6.45, 7) is 0. The summed E-state index contributed by atoms with van der Waals surface area (Å²) in [6, 6.07) is 12.9. The minimum absolute atomic E-state index is 0.259. The Hall–Kier alpha value is 0.170. The van der Waals surface area contributed by atoms with E-state index < -0.39 is 0 Å². The van der Waals surface area contributed by atoms with Crippen molar-refractivity contribution in [2.24, 2.45) is 0 Å². The second kappa shape index (κ2) is 4.93. The average molecular weight is 407 g/mol. The van der Waals surface area contributed by atoms with Crippen molar-refractivity contribution in [3.8, 4) is 0 Å². The van der Waals surface area contributed by atoms with Crippen LogP contribution in [0.2, 0.25) is 4.34 Å². The Balaban J connectivity index is 1.95. The summed E-state index contributed by atoms with van der Waals surface area (Å²) in [5.41, 5.74) is 1.68. The van der Waals surface area contributed by atoms with Gasteiger partial charge in [0.25, 0.3) is 0 Å². The Bertz CT molecular complexity index is 541. The molecule has 94 valence electrons. The molecule has 1 aliphatic rings. The number of hydrogen-bond acceptors (Lipinski definition) is 1. The van der Waals surface area contributed by atoms with Gasteiger partial charge in [0.15, 0.2) is 0 Å². The summed E-state index contributed by atoms with van der Waals surface area (Å²) in [5, 5.41) is 0. The molecular weight excluding hydrogens is 395 g/mol. The van der Waals surface area contributed by atoms with E-state index in [2.05, 4.69) is 68.3 Å². The van der Waals surface area contributed by atoms with E-state index in [0.29, 0.717) is 4.83 Å². The number of hydrogen-bond donors (Lipinski definition) is 0. The lowest BCUT2D eigenvalue weighted by Crippen LogP contribution is -2.12. The molecule has 0 N–H and O–H groups in total. The van der Waals surface area contributed by atoms with Crippen LogP contribution in [0.4, 0.5) is 0 Å². The van der Waals surface area contributed by atoms with Crippen molar-refractivity contribution in [1.82, 2.24) is 0 Å². The predicted molar refractivity (Wildman–Crippen MR) is 86.1 cm³/mol. The second-order valence-corrected chi connectivity index (χ2v) is 8.11. The van der Waals surface area contributed by atoms with Crippen LogP contribution in [0.25, 0.3) is 0 Å². The molecule has 0 bridgehead atoms. The maximum Gasteiger partial charge on any atom is 0.107 e. The Kier molecular flexibility index (Phi) is 3.61. The zero-order valence-corrected chi connectivity index (χ0v) is 14.2. The van der Waals surface area contributed by atoms with Gasteiger partial charge in [0.2, 0.25) is 0 Å². The van der Waals surface area contributed by atoms with E-state index in [-0.39, 0.29) is 5.41 Å². The molecule has 1 aliphatic carbocycles. The quantitative estimate of drug-likeness (QED) is 0.522. The molecule has 3 rings (SSSR count). The van der Waals surface area contributed by atoms with Crippen molar-refractivity contribution in [3.63, 3.8) is 0 Å². The minimum Gasteiger partial charge on any atom is -0.126 e. The van der Waals surface area contributed by atoms with Crippen molar-refractivity contribution in [3.05, 3.63) is 55.6 Å². The summed E-state index contributed by atoms with van der Waals surface area (Å²) in [5.74, 6) is 0. The summed E-state index contributed by atoms with van der Waals surface area (Å²) in [6.07, 6.45) is 2.47. The van der Waals surface area contributed by atoms with Gasteiger partial charge >= 0.3 is 0 Å². The number of alkyl halides is 1. The molecule has 1 fully saturated rings. The number of rotatable bonds is 3. The van der Waals surface area contributed by atoms with Crippen LogP contribution < -0.4 is 0 Å². The maximum atomic E-state index is 6.14. The van der Waals surface area contributed by atoms with Gasteiger partial charge in [-0.1, -0.05) is 57.9 Å². The highest BCUT2D eigenvalue weighted by Crippen LogP contribution is 2.61. The summed E-state index contributed by atoms with van der Waals surface area (Å²) in [4.78, 5) is 1.65. The fourth-order valence-corrected chi connectivity index (χ4v) is 5.32. The molecule has 2 aromatic rings. The number of thiophene rings is 1. The SMILES string of the molecule is Clc1sc(C(Br)C2(c3ccccc3)CC2)cc1Br. The molecule has 0 aliphatic heterocycles. The van der Waals surface area contributed by atoms with Crippen LogP contribution in [0.5, 0.6) is 0 Å². The van der Waals surface area contributed by atoms with E-state index in [0.717, 1.165) is 8.81 Å². The zero-order chi connectivity index (χ0) is 12.8. The first-order valence-electron chi connectivity index (χ1n) is 5.78. The van der Waals surface area contributed by atoms with Gasteiger partial charge in [0.1, 0.15) is 4.34 Å². The molecule has 1 unspecified atom stereocenters. The molecule has 4 heteroatoms. The van der Waals surface area contributed by atoms with E-state index in [1.54, 1.807) is 11.3 Å². The van der Waals surface area contributed by atoms with Crippen molar-refractivity contribution < 1.29 is 0 Å². The van der Waals surface area contributed by atoms with Crippen LogP contribution >= 0.6 is 54.8 Å². The van der Waals surface area contributed by atoms with Gasteiger partial charge in [-0.15, -0.1) is 11.3 Å². The molecule has 1 heterocycles. The van der Waals surface area contributed by atoms with Gasteiger partial charge in [0, 0.05) is 14.8 Å². The van der Waals surface area contributed by atoms with Crippen LogP contribution in [0, 0.1) is 0 Å². The third-order valence-corrected chi connectivity index (χ3v) is 7.75. The second-order valence-electron chi connectivity index (χ2n) is 4.66. The van der Waals surface area contributed by atoms with Gasteiger partial charge in [-0.25, -0.2) is 0 Å². The molecule has 0 saturated heterocycles. The van der Waals surface area contributed by atoms with Crippen molar-refractivity contribution in [2.75, 3.05) is 0 Å². The lowest BCUT2D eigenvalue weighted by molar-refractivity contribution is 0.689. The van der Waals surface area contributed by atoms with Crippen LogP contribution in [0.15, 0.2) is 40.9 Å². The van der Waals surface area contributed by atoms with Gasteiger partial charge in [-0.05, 0) is 40.4 Å². The molecule has 18 heavy (non-hydrogen) atoms. The fourth-order valence-electron chi connectivity index (χ4n) is 2.35. The molecule has 1 aromatic carbocycles. The monoisotopic (exact) mass is 404 g/mol. The standard InChI is InChI=1S/C14H11Br2ClS/c15-10-8-11(18-13(10)17)12(16)14(6-7-14)9-4-2-1-3-5-9/h1-5,8,12H,6-7H2. The zero-order valence-electron chi connectivity index (χ0n) is 9.50. The molecule has 1 atom stereocenters. The first-order valence-corrected chi connectivity index (χ1v) is 8.68. The summed E-state index contributed by atoms with van der Waals surface area (Å²) in [7, 11) is 0. The highest BCUT2D eigenvalue weighted by atomic mass is 79.9. The molecule has 0 spiro atoms. The first kappa shape index (κ1) is 13.2. The summed E-state index contributed by atoms with van der Waals surface area (Å²) >= 11 is 15.2. The molecule has 1 saturated carbocycles. The molecule has 0 nitrogen and oxygen atoms in total. The predicted octanol–water partition coefficient (Wildman–Crippen LogP) is 6.33. The van der Waals surface area contributed by atoms with Crippen molar-refractivity contribution in [1.29, 1.82) is 0 Å². The largest absolute Gasteiger partial charge is 0.126 e. The molecule has 0 amide bonds. The van der Waals surface area contributed by atoms with Crippen LogP contribution in [0.3, 0.4) is 0 Å². The van der Waals surface area contributed by atoms with E-state index in [9.17, 15) is 0 Å². The molecular formula is C14H11Br2ClS. The highest BCUT2D eigenvalue weighted by molar-refractivity contribution is 9.10.